The molecule has 19 heavy (non-hydrogen) atoms. The predicted octanol–water partition coefficient (Wildman–Crippen LogP) is 3.46. The van der Waals surface area contributed by atoms with Crippen molar-refractivity contribution in [2.45, 2.75) is 20.0 Å². The first-order valence-corrected chi connectivity index (χ1v) is 7.73. The summed E-state index contributed by atoms with van der Waals surface area (Å²) < 4.78 is 5.14. The quantitative estimate of drug-likeness (QED) is 0.782. The molecule has 98 valence electrons. The van der Waals surface area contributed by atoms with Gasteiger partial charge in [0.25, 0.3) is 0 Å². The number of nitrogens with one attached hydrogen (secondary N) is 1. The lowest BCUT2D eigenvalue weighted by Crippen LogP contribution is -2.12. The smallest absolute Gasteiger partial charge is 0.150 e. The summed E-state index contributed by atoms with van der Waals surface area (Å²) >= 11 is 3.37. The molecule has 4 nitrogen and oxygen atoms in total. The first kappa shape index (κ1) is 12.5. The van der Waals surface area contributed by atoms with Crippen LogP contribution >= 0.6 is 22.7 Å². The van der Waals surface area contributed by atoms with Crippen LogP contribution in [0.15, 0.2) is 32.8 Å². The number of hydrogen-bond acceptors (Lipinski definition) is 6. The Morgan fingerprint density at radius 1 is 1.32 bits per heavy atom. The number of rotatable bonds is 5. The second-order valence-electron chi connectivity index (χ2n) is 4.19. The van der Waals surface area contributed by atoms with E-state index in [0.29, 0.717) is 6.54 Å². The van der Waals surface area contributed by atoms with Crippen LogP contribution in [0.5, 0.6) is 0 Å². The summed E-state index contributed by atoms with van der Waals surface area (Å²) in [4.78, 5) is 4.61. The van der Waals surface area contributed by atoms with Gasteiger partial charge in [-0.25, -0.2) is 4.98 Å². The van der Waals surface area contributed by atoms with Crippen molar-refractivity contribution in [3.05, 3.63) is 45.4 Å². The Morgan fingerprint density at radius 3 is 3.00 bits per heavy atom. The van der Waals surface area contributed by atoms with Gasteiger partial charge in [0.2, 0.25) is 0 Å². The maximum absolute atomic E-state index is 5.14. The summed E-state index contributed by atoms with van der Waals surface area (Å²) in [6, 6.07) is 4.03. The van der Waals surface area contributed by atoms with Gasteiger partial charge in [0, 0.05) is 28.9 Å². The third-order valence-electron chi connectivity index (χ3n) is 2.60. The van der Waals surface area contributed by atoms with Crippen LogP contribution in [0.2, 0.25) is 0 Å². The number of aryl methyl sites for hydroxylation is 1. The van der Waals surface area contributed by atoms with E-state index in [9.17, 15) is 0 Å². The molecule has 0 aliphatic heterocycles. The average molecular weight is 291 g/mol. The van der Waals surface area contributed by atoms with Crippen molar-refractivity contribution in [2.24, 2.45) is 0 Å². The van der Waals surface area contributed by atoms with E-state index >= 15 is 0 Å². The zero-order valence-corrected chi connectivity index (χ0v) is 12.1. The molecule has 0 aromatic carbocycles. The van der Waals surface area contributed by atoms with Crippen LogP contribution in [0.4, 0.5) is 0 Å². The van der Waals surface area contributed by atoms with Crippen LogP contribution in [0.1, 0.15) is 17.1 Å². The van der Waals surface area contributed by atoms with Crippen LogP contribution in [-0.2, 0) is 13.1 Å². The van der Waals surface area contributed by atoms with Gasteiger partial charge in [0.05, 0.1) is 17.9 Å². The van der Waals surface area contributed by atoms with Crippen molar-refractivity contribution >= 4 is 22.7 Å². The maximum atomic E-state index is 5.14. The highest BCUT2D eigenvalue weighted by Crippen LogP contribution is 2.25. The van der Waals surface area contributed by atoms with Gasteiger partial charge in [-0.15, -0.1) is 11.3 Å². The molecule has 6 heteroatoms. The van der Waals surface area contributed by atoms with Gasteiger partial charge in [-0.3, -0.25) is 0 Å². The molecule has 0 saturated carbocycles. The van der Waals surface area contributed by atoms with Crippen molar-refractivity contribution in [3.8, 4) is 10.6 Å². The number of aromatic nitrogens is 2. The van der Waals surface area contributed by atoms with Crippen molar-refractivity contribution in [3.63, 3.8) is 0 Å². The zero-order chi connectivity index (χ0) is 13.1. The Morgan fingerprint density at radius 2 is 2.26 bits per heavy atom. The molecule has 0 atom stereocenters. The summed E-state index contributed by atoms with van der Waals surface area (Å²) in [6.45, 7) is 3.33. The van der Waals surface area contributed by atoms with E-state index in [0.717, 1.165) is 28.7 Å². The minimum atomic E-state index is 0.673. The molecule has 0 unspecified atom stereocenters. The highest BCUT2D eigenvalue weighted by atomic mass is 32.1. The molecule has 0 amide bonds. The topological polar surface area (TPSA) is 51.0 Å². The molecule has 0 aliphatic rings. The molecule has 3 aromatic rings. The average Bonchev–Trinajstić information content (AvgIpc) is 3.09. The van der Waals surface area contributed by atoms with Gasteiger partial charge in [0.1, 0.15) is 5.01 Å². The zero-order valence-electron chi connectivity index (χ0n) is 10.4. The summed E-state index contributed by atoms with van der Waals surface area (Å²) in [6.07, 6.45) is 0. The molecule has 0 spiro atoms. The molecule has 3 heterocycles. The van der Waals surface area contributed by atoms with E-state index in [2.05, 4.69) is 37.7 Å². The van der Waals surface area contributed by atoms with E-state index in [1.54, 1.807) is 22.7 Å². The minimum absolute atomic E-state index is 0.673. The van der Waals surface area contributed by atoms with Crippen molar-refractivity contribution in [2.75, 3.05) is 0 Å². The van der Waals surface area contributed by atoms with E-state index in [1.807, 2.05) is 13.0 Å². The Balaban J connectivity index is 1.56. The van der Waals surface area contributed by atoms with Gasteiger partial charge in [-0.1, -0.05) is 5.16 Å². The lowest BCUT2D eigenvalue weighted by molar-refractivity contribution is 0.369. The largest absolute Gasteiger partial charge is 0.360 e. The minimum Gasteiger partial charge on any atom is -0.360 e. The van der Waals surface area contributed by atoms with E-state index in [-0.39, 0.29) is 0 Å². The molecule has 0 radical (unpaired) electrons. The Bertz CT molecular complexity index is 642. The summed E-state index contributed by atoms with van der Waals surface area (Å²) in [5, 5.41) is 14.5. The summed E-state index contributed by atoms with van der Waals surface area (Å²) in [5.41, 5.74) is 3.17. The summed E-state index contributed by atoms with van der Waals surface area (Å²) in [7, 11) is 0. The monoisotopic (exact) mass is 291 g/mol. The Hall–Kier alpha value is -1.50. The van der Waals surface area contributed by atoms with Gasteiger partial charge in [0.15, 0.2) is 5.76 Å². The Labute approximate surface area is 119 Å². The maximum Gasteiger partial charge on any atom is 0.150 e. The molecule has 0 saturated heterocycles. The molecule has 0 fully saturated rings. The first-order valence-electron chi connectivity index (χ1n) is 5.91. The molecule has 1 N–H and O–H groups in total. The number of hydrogen-bond donors (Lipinski definition) is 1. The third kappa shape index (κ3) is 3.09. The standard InChI is InChI=1S/C13H13N3OS2/c1-9-4-12(17-16-9)6-14-5-11-8-19-13(15-11)10-2-3-18-7-10/h2-4,7-8,14H,5-6H2,1H3. The van der Waals surface area contributed by atoms with Crippen molar-refractivity contribution in [1.82, 2.24) is 15.5 Å². The predicted molar refractivity (Wildman–Crippen MR) is 77.2 cm³/mol. The van der Waals surface area contributed by atoms with Crippen LogP contribution in [0, 0.1) is 6.92 Å². The van der Waals surface area contributed by atoms with Crippen LogP contribution in [0.25, 0.3) is 10.6 Å². The van der Waals surface area contributed by atoms with Crippen LogP contribution in [-0.4, -0.2) is 10.1 Å². The molecule has 0 bridgehead atoms. The number of thiophene rings is 1. The van der Waals surface area contributed by atoms with Gasteiger partial charge in [-0.2, -0.15) is 11.3 Å². The van der Waals surface area contributed by atoms with Gasteiger partial charge in [-0.05, 0) is 18.4 Å². The highest BCUT2D eigenvalue weighted by molar-refractivity contribution is 7.14. The lowest BCUT2D eigenvalue weighted by Gasteiger charge is -1.98. The molecular formula is C13H13N3OS2. The SMILES string of the molecule is Cc1cc(CNCc2csc(-c3ccsc3)n2)on1. The fourth-order valence-electron chi connectivity index (χ4n) is 1.72. The molecule has 0 aliphatic carbocycles. The number of thiazole rings is 1. The fourth-order valence-corrected chi connectivity index (χ4v) is 3.25. The van der Waals surface area contributed by atoms with Crippen LogP contribution in [0.3, 0.4) is 0 Å². The van der Waals surface area contributed by atoms with E-state index in [1.165, 1.54) is 5.56 Å². The van der Waals surface area contributed by atoms with E-state index in [4.69, 9.17) is 4.52 Å². The van der Waals surface area contributed by atoms with Gasteiger partial charge >= 0.3 is 0 Å². The van der Waals surface area contributed by atoms with E-state index < -0.39 is 0 Å². The molecular weight excluding hydrogens is 278 g/mol. The van der Waals surface area contributed by atoms with Crippen molar-refractivity contribution < 1.29 is 4.52 Å². The molecule has 3 aromatic heterocycles. The second kappa shape index (κ2) is 5.64. The second-order valence-corrected chi connectivity index (χ2v) is 5.83. The normalized spacial score (nSPS) is 11.0. The third-order valence-corrected chi connectivity index (χ3v) is 4.23. The molecule has 3 rings (SSSR count). The highest BCUT2D eigenvalue weighted by Gasteiger charge is 2.05. The van der Waals surface area contributed by atoms with Crippen LogP contribution < -0.4 is 5.32 Å². The summed E-state index contributed by atoms with van der Waals surface area (Å²) in [5.74, 6) is 0.853. The van der Waals surface area contributed by atoms with Crippen molar-refractivity contribution in [1.29, 1.82) is 0 Å². The number of nitrogens with zero attached hydrogens (tertiary/aromatic N) is 2. The Kier molecular flexibility index (Phi) is 3.72. The fraction of sp³-hybridized carbons (Fsp3) is 0.231. The lowest BCUT2D eigenvalue weighted by atomic mass is 10.3. The van der Waals surface area contributed by atoms with Gasteiger partial charge < -0.3 is 9.84 Å². The first-order chi connectivity index (χ1) is 9.31.